The van der Waals surface area contributed by atoms with Crippen LogP contribution in [0.1, 0.15) is 86.7 Å². The molecule has 0 saturated carbocycles. The van der Waals surface area contributed by atoms with E-state index in [-0.39, 0.29) is 42.1 Å². The number of phenols is 2. The molecule has 3 aromatic rings. The van der Waals surface area contributed by atoms with Crippen LogP contribution in [0.2, 0.25) is 0 Å². The molecule has 0 unspecified atom stereocenters. The second kappa shape index (κ2) is 9.66. The lowest BCUT2D eigenvalue weighted by atomic mass is 9.88. The number of fused-ring (bicyclic) bond motifs is 5. The highest BCUT2D eigenvalue weighted by Gasteiger charge is 2.41. The van der Waals surface area contributed by atoms with Crippen molar-refractivity contribution >= 4 is 33.7 Å². The van der Waals surface area contributed by atoms with Crippen LogP contribution in [0.3, 0.4) is 0 Å². The number of hydrogen-bond donors (Lipinski definition) is 3. The van der Waals surface area contributed by atoms with E-state index in [0.717, 1.165) is 32.1 Å². The number of unbranched alkanes of at least 4 members (excludes halogenated alkanes) is 4. The SMILES string of the molecule is CCCCCC(=O)Cc1cc(O)cc2oc3cc(O)c4c(c3c12)C[C@@](O)(CCCCC)OC4=O. The third-order valence-electron chi connectivity index (χ3n) is 6.57. The summed E-state index contributed by atoms with van der Waals surface area (Å²) in [6.07, 6.45) is 6.18. The molecule has 0 bridgehead atoms. The summed E-state index contributed by atoms with van der Waals surface area (Å²) < 4.78 is 11.3. The Morgan fingerprint density at radius 3 is 2.44 bits per heavy atom. The molecule has 7 nitrogen and oxygen atoms in total. The van der Waals surface area contributed by atoms with Gasteiger partial charge in [0, 0.05) is 48.6 Å². The van der Waals surface area contributed by atoms with Crippen LogP contribution in [0.5, 0.6) is 11.5 Å². The van der Waals surface area contributed by atoms with Gasteiger partial charge < -0.3 is 24.5 Å². The van der Waals surface area contributed by atoms with E-state index in [1.54, 1.807) is 6.07 Å². The summed E-state index contributed by atoms with van der Waals surface area (Å²) in [5, 5.41) is 33.1. The van der Waals surface area contributed by atoms with Crippen molar-refractivity contribution in [3.8, 4) is 11.5 Å². The van der Waals surface area contributed by atoms with Gasteiger partial charge in [-0.2, -0.15) is 0 Å². The first-order valence-corrected chi connectivity index (χ1v) is 12.2. The van der Waals surface area contributed by atoms with Crippen LogP contribution in [0, 0.1) is 0 Å². The minimum Gasteiger partial charge on any atom is -0.508 e. The van der Waals surface area contributed by atoms with E-state index in [1.807, 2.05) is 6.92 Å². The smallest absolute Gasteiger partial charge is 0.344 e. The Morgan fingerprint density at radius 1 is 1.00 bits per heavy atom. The molecule has 1 aliphatic rings. The van der Waals surface area contributed by atoms with Gasteiger partial charge in [-0.25, -0.2) is 4.79 Å². The van der Waals surface area contributed by atoms with E-state index in [9.17, 15) is 24.9 Å². The highest BCUT2D eigenvalue weighted by atomic mass is 16.7. The largest absolute Gasteiger partial charge is 0.508 e. The molecule has 2 heterocycles. The second-order valence-corrected chi connectivity index (χ2v) is 9.34. The van der Waals surface area contributed by atoms with Crippen LogP contribution < -0.4 is 0 Å². The third-order valence-corrected chi connectivity index (χ3v) is 6.57. The molecule has 3 N–H and O–H groups in total. The van der Waals surface area contributed by atoms with Gasteiger partial charge >= 0.3 is 5.97 Å². The fourth-order valence-corrected chi connectivity index (χ4v) is 4.93. The predicted octanol–water partition coefficient (Wildman–Crippen LogP) is 5.67. The van der Waals surface area contributed by atoms with Crippen molar-refractivity contribution in [1.82, 2.24) is 0 Å². The van der Waals surface area contributed by atoms with Crippen molar-refractivity contribution < 1.29 is 34.1 Å². The molecule has 0 radical (unpaired) electrons. The Labute approximate surface area is 198 Å². The number of esters is 1. The first kappa shape index (κ1) is 24.1. The minimum atomic E-state index is -1.68. The van der Waals surface area contributed by atoms with Crippen LogP contribution in [0.4, 0.5) is 0 Å². The number of carbonyl (C=O) groups is 2. The molecule has 0 amide bonds. The zero-order chi connectivity index (χ0) is 24.5. The highest BCUT2D eigenvalue weighted by molar-refractivity contribution is 6.14. The average molecular weight is 469 g/mol. The molecule has 34 heavy (non-hydrogen) atoms. The topological polar surface area (TPSA) is 117 Å². The number of carbonyl (C=O) groups excluding carboxylic acids is 2. The maximum Gasteiger partial charge on any atom is 0.344 e. The molecule has 0 saturated heterocycles. The number of ketones is 1. The zero-order valence-corrected chi connectivity index (χ0v) is 19.8. The number of benzene rings is 2. The molecule has 2 aromatic carbocycles. The summed E-state index contributed by atoms with van der Waals surface area (Å²) in [5.41, 5.74) is 1.71. The lowest BCUT2D eigenvalue weighted by Gasteiger charge is -2.33. The van der Waals surface area contributed by atoms with Crippen molar-refractivity contribution in [3.05, 3.63) is 34.9 Å². The van der Waals surface area contributed by atoms with E-state index in [2.05, 4.69) is 6.92 Å². The summed E-state index contributed by atoms with van der Waals surface area (Å²) >= 11 is 0. The molecule has 4 rings (SSSR count). The van der Waals surface area contributed by atoms with Gasteiger partial charge in [0.25, 0.3) is 0 Å². The molecule has 0 fully saturated rings. The summed E-state index contributed by atoms with van der Waals surface area (Å²) in [6.45, 7) is 4.12. The Kier molecular flexibility index (Phi) is 6.84. The normalized spacial score (nSPS) is 17.8. The van der Waals surface area contributed by atoms with E-state index in [0.29, 0.717) is 45.9 Å². The van der Waals surface area contributed by atoms with Crippen molar-refractivity contribution in [2.45, 2.75) is 83.8 Å². The number of ether oxygens (including phenoxy) is 1. The molecular formula is C27H32O7. The van der Waals surface area contributed by atoms with E-state index >= 15 is 0 Å². The van der Waals surface area contributed by atoms with Crippen molar-refractivity contribution in [1.29, 1.82) is 0 Å². The molecule has 1 atom stereocenters. The van der Waals surface area contributed by atoms with Crippen molar-refractivity contribution in [3.63, 3.8) is 0 Å². The Bertz CT molecular complexity index is 1240. The summed E-state index contributed by atoms with van der Waals surface area (Å²) in [4.78, 5) is 25.5. The van der Waals surface area contributed by atoms with Gasteiger partial charge in [0.05, 0.1) is 0 Å². The Hall–Kier alpha value is -3.06. The first-order chi connectivity index (χ1) is 16.3. The number of hydrogen-bond acceptors (Lipinski definition) is 7. The maximum absolute atomic E-state index is 12.9. The monoisotopic (exact) mass is 468 g/mol. The van der Waals surface area contributed by atoms with Crippen molar-refractivity contribution in [2.24, 2.45) is 0 Å². The fraction of sp³-hybridized carbons (Fsp3) is 0.481. The van der Waals surface area contributed by atoms with Gasteiger partial charge in [-0.05, 0) is 30.0 Å². The third kappa shape index (κ3) is 4.62. The molecule has 1 aliphatic heterocycles. The molecule has 0 aliphatic carbocycles. The number of Topliss-reactive ketones (excluding diaryl/α,β-unsaturated/α-hetero) is 1. The molecule has 182 valence electrons. The van der Waals surface area contributed by atoms with E-state index in [4.69, 9.17) is 9.15 Å². The number of aromatic hydroxyl groups is 2. The summed E-state index contributed by atoms with van der Waals surface area (Å²) in [6, 6.07) is 4.35. The van der Waals surface area contributed by atoms with Crippen LogP contribution in [-0.4, -0.2) is 32.9 Å². The standard InChI is InChI=1S/C27H32O7/c1-3-5-7-9-17(28)11-16-12-18(29)13-21-23(16)25-19-15-27(32,10-8-6-4-2)34-26(31)24(19)20(30)14-22(25)33-21/h12-14,29-30,32H,3-11,15H2,1-2H3/t27-/m1/s1. The molecule has 7 heteroatoms. The summed E-state index contributed by atoms with van der Waals surface area (Å²) in [7, 11) is 0. The average Bonchev–Trinajstić information content (AvgIpc) is 3.11. The quantitative estimate of drug-likeness (QED) is 0.259. The van der Waals surface area contributed by atoms with Gasteiger partial charge in [-0.1, -0.05) is 39.5 Å². The van der Waals surface area contributed by atoms with Gasteiger partial charge in [0.1, 0.15) is 34.0 Å². The highest BCUT2D eigenvalue weighted by Crippen LogP contribution is 2.44. The number of aliphatic hydroxyl groups is 1. The lowest BCUT2D eigenvalue weighted by molar-refractivity contribution is -0.173. The second-order valence-electron chi connectivity index (χ2n) is 9.34. The Morgan fingerprint density at radius 2 is 1.71 bits per heavy atom. The molecule has 0 spiro atoms. The number of rotatable bonds is 10. The maximum atomic E-state index is 12.9. The van der Waals surface area contributed by atoms with Gasteiger partial charge in [0.15, 0.2) is 0 Å². The predicted molar refractivity (Wildman–Crippen MR) is 128 cm³/mol. The van der Waals surface area contributed by atoms with E-state index < -0.39 is 11.8 Å². The fourth-order valence-electron chi connectivity index (χ4n) is 4.93. The van der Waals surface area contributed by atoms with Crippen molar-refractivity contribution in [2.75, 3.05) is 0 Å². The molecular weight excluding hydrogens is 436 g/mol. The van der Waals surface area contributed by atoms with Gasteiger partial charge in [-0.15, -0.1) is 0 Å². The van der Waals surface area contributed by atoms with Crippen LogP contribution in [-0.2, 0) is 22.4 Å². The van der Waals surface area contributed by atoms with E-state index in [1.165, 1.54) is 12.1 Å². The van der Waals surface area contributed by atoms with Gasteiger partial charge in [-0.3, -0.25) is 4.79 Å². The molecule has 1 aromatic heterocycles. The number of furan rings is 1. The van der Waals surface area contributed by atoms with Crippen LogP contribution in [0.15, 0.2) is 22.6 Å². The zero-order valence-electron chi connectivity index (χ0n) is 19.8. The van der Waals surface area contributed by atoms with Gasteiger partial charge in [0.2, 0.25) is 5.79 Å². The Balaban J connectivity index is 1.85. The number of cyclic esters (lactones) is 1. The number of phenolic OH excluding ortho intramolecular Hbond substituents is 2. The summed E-state index contributed by atoms with van der Waals surface area (Å²) in [5.74, 6) is -2.74. The van der Waals surface area contributed by atoms with Crippen LogP contribution in [0.25, 0.3) is 21.9 Å². The first-order valence-electron chi connectivity index (χ1n) is 12.2. The lowest BCUT2D eigenvalue weighted by Crippen LogP contribution is -2.41. The van der Waals surface area contributed by atoms with Crippen LogP contribution >= 0.6 is 0 Å². The minimum absolute atomic E-state index is 0.00207.